The Bertz CT molecular complexity index is 1400. The Labute approximate surface area is 255 Å². The van der Waals surface area contributed by atoms with E-state index in [1.54, 1.807) is 18.3 Å². The van der Waals surface area contributed by atoms with Crippen LogP contribution in [0.2, 0.25) is 25.7 Å². The summed E-state index contributed by atoms with van der Waals surface area (Å²) in [5.41, 5.74) is 2.55. The van der Waals surface area contributed by atoms with E-state index in [1.165, 1.54) is 12.1 Å². The predicted molar refractivity (Wildman–Crippen MR) is 172 cm³/mol. The molecule has 1 unspecified atom stereocenters. The van der Waals surface area contributed by atoms with Gasteiger partial charge in [0.05, 0.1) is 11.4 Å². The maximum atomic E-state index is 13.7. The van der Waals surface area contributed by atoms with Crippen molar-refractivity contribution in [3.05, 3.63) is 48.4 Å². The van der Waals surface area contributed by atoms with Crippen LogP contribution in [0.3, 0.4) is 0 Å². The number of aromatic nitrogens is 2. The summed E-state index contributed by atoms with van der Waals surface area (Å²) in [6, 6.07) is 11.2. The van der Waals surface area contributed by atoms with Gasteiger partial charge in [0.25, 0.3) is 0 Å². The molecule has 1 aliphatic rings. The Balaban J connectivity index is 1.46. The molecule has 2 amide bonds. The van der Waals surface area contributed by atoms with Crippen LogP contribution in [0.4, 0.5) is 14.9 Å². The number of pyridine rings is 1. The quantitative estimate of drug-likeness (QED) is 0.180. The molecule has 2 N–H and O–H groups in total. The molecule has 0 radical (unpaired) electrons. The summed E-state index contributed by atoms with van der Waals surface area (Å²) in [5, 5.41) is 6.94. The van der Waals surface area contributed by atoms with Gasteiger partial charge in [-0.25, -0.2) is 14.2 Å². The van der Waals surface area contributed by atoms with Gasteiger partial charge in [-0.3, -0.25) is 4.79 Å². The van der Waals surface area contributed by atoms with Gasteiger partial charge in [0.2, 0.25) is 5.91 Å². The summed E-state index contributed by atoms with van der Waals surface area (Å²) < 4.78 is 27.2. The zero-order chi connectivity index (χ0) is 31.4. The van der Waals surface area contributed by atoms with Crippen LogP contribution >= 0.6 is 0 Å². The number of hydrogen-bond donors (Lipinski definition) is 2. The number of amides is 2. The number of carbonyl (C=O) groups excluding carboxylic acids is 2. The van der Waals surface area contributed by atoms with E-state index in [0.29, 0.717) is 24.7 Å². The summed E-state index contributed by atoms with van der Waals surface area (Å²) in [7, 11) is -1.25. The first kappa shape index (κ1) is 32.7. The molecule has 2 aromatic heterocycles. The number of ether oxygens (including phenoxy) is 2. The maximum Gasteiger partial charge on any atom is 0.407 e. The third-order valence-electron chi connectivity index (χ3n) is 8.01. The Morgan fingerprint density at radius 2 is 1.77 bits per heavy atom. The summed E-state index contributed by atoms with van der Waals surface area (Å²) in [6.07, 6.45) is 4.48. The van der Waals surface area contributed by atoms with Crippen molar-refractivity contribution >= 4 is 36.8 Å². The van der Waals surface area contributed by atoms with Crippen LogP contribution in [0, 0.1) is 17.7 Å². The van der Waals surface area contributed by atoms with E-state index in [-0.39, 0.29) is 29.6 Å². The van der Waals surface area contributed by atoms with Gasteiger partial charge in [-0.1, -0.05) is 19.6 Å². The normalized spacial score (nSPS) is 18.3. The minimum Gasteiger partial charge on any atom is -0.444 e. The Morgan fingerprint density at radius 1 is 1.09 bits per heavy atom. The molecule has 0 bridgehead atoms. The lowest BCUT2D eigenvalue weighted by Crippen LogP contribution is -2.42. The molecule has 0 saturated heterocycles. The molecule has 43 heavy (non-hydrogen) atoms. The molecule has 1 aromatic carbocycles. The minimum absolute atomic E-state index is 0.0128. The molecule has 0 aliphatic heterocycles. The van der Waals surface area contributed by atoms with E-state index >= 15 is 0 Å². The molecular weight excluding hydrogens is 563 g/mol. The zero-order valence-electron chi connectivity index (χ0n) is 26.6. The topological polar surface area (TPSA) is 94.5 Å². The predicted octanol–water partition coefficient (Wildman–Crippen LogP) is 7.81. The van der Waals surface area contributed by atoms with Crippen molar-refractivity contribution in [2.24, 2.45) is 11.8 Å². The third-order valence-corrected chi connectivity index (χ3v) is 9.71. The first-order valence-electron chi connectivity index (χ1n) is 15.3. The van der Waals surface area contributed by atoms with Gasteiger partial charge in [-0.15, -0.1) is 0 Å². The summed E-state index contributed by atoms with van der Waals surface area (Å²) in [6.45, 7) is 15.5. The molecule has 3 aromatic rings. The van der Waals surface area contributed by atoms with Crippen molar-refractivity contribution in [1.82, 2.24) is 14.9 Å². The molecule has 10 heteroatoms. The highest BCUT2D eigenvalue weighted by molar-refractivity contribution is 6.76. The lowest BCUT2D eigenvalue weighted by molar-refractivity contribution is -0.121. The SMILES string of the molecule is CC(NC(=O)OC(C)(C)C)[C@H]1CC[C@H](C(=O)Nc2ccnc3c2cc(-c2ccc(F)cc2)n3COCC[Si](C)(C)C)CC1. The highest BCUT2D eigenvalue weighted by Crippen LogP contribution is 2.35. The monoisotopic (exact) mass is 610 g/mol. The van der Waals surface area contributed by atoms with Gasteiger partial charge in [0, 0.05) is 38.2 Å². The first-order valence-corrected chi connectivity index (χ1v) is 19.0. The molecule has 1 fully saturated rings. The van der Waals surface area contributed by atoms with E-state index in [4.69, 9.17) is 9.47 Å². The van der Waals surface area contributed by atoms with Crippen molar-refractivity contribution in [3.63, 3.8) is 0 Å². The Hall–Kier alpha value is -3.24. The number of nitrogens with one attached hydrogen (secondary N) is 2. The summed E-state index contributed by atoms with van der Waals surface area (Å²) in [4.78, 5) is 30.3. The van der Waals surface area contributed by atoms with E-state index in [2.05, 4.69) is 35.3 Å². The number of alkyl carbamates (subject to hydrolysis) is 1. The van der Waals surface area contributed by atoms with E-state index in [1.807, 2.05) is 44.4 Å². The van der Waals surface area contributed by atoms with Gasteiger partial charge in [0.1, 0.15) is 23.8 Å². The number of fused-ring (bicyclic) bond motifs is 1. The second kappa shape index (κ2) is 13.6. The van der Waals surface area contributed by atoms with E-state index in [9.17, 15) is 14.0 Å². The second-order valence-corrected chi connectivity index (χ2v) is 19.6. The largest absolute Gasteiger partial charge is 0.444 e. The van der Waals surface area contributed by atoms with Crippen LogP contribution in [-0.4, -0.2) is 47.9 Å². The number of hydrogen-bond acceptors (Lipinski definition) is 5. The van der Waals surface area contributed by atoms with Gasteiger partial charge in [-0.05, 0) is 107 Å². The smallest absolute Gasteiger partial charge is 0.407 e. The molecule has 4 rings (SSSR count). The van der Waals surface area contributed by atoms with Crippen molar-refractivity contribution in [2.45, 2.75) is 97.4 Å². The van der Waals surface area contributed by atoms with Gasteiger partial charge in [-0.2, -0.15) is 0 Å². The number of carbonyl (C=O) groups is 2. The molecule has 1 atom stereocenters. The number of rotatable bonds is 10. The van der Waals surface area contributed by atoms with Crippen LogP contribution in [0.25, 0.3) is 22.3 Å². The molecule has 0 spiro atoms. The number of nitrogens with zero attached hydrogens (tertiary/aromatic N) is 2. The van der Waals surface area contributed by atoms with Gasteiger partial charge < -0.3 is 24.7 Å². The highest BCUT2D eigenvalue weighted by atomic mass is 28.3. The number of anilines is 1. The molecule has 1 saturated carbocycles. The van der Waals surface area contributed by atoms with Gasteiger partial charge in [0.15, 0.2) is 0 Å². The van der Waals surface area contributed by atoms with Crippen LogP contribution in [0.1, 0.15) is 53.4 Å². The lowest BCUT2D eigenvalue weighted by atomic mass is 9.78. The average molecular weight is 611 g/mol. The molecule has 8 nitrogen and oxygen atoms in total. The van der Waals surface area contributed by atoms with Crippen molar-refractivity contribution < 1.29 is 23.5 Å². The third kappa shape index (κ3) is 9.12. The second-order valence-electron chi connectivity index (χ2n) is 13.9. The van der Waals surface area contributed by atoms with Crippen molar-refractivity contribution in [3.8, 4) is 11.3 Å². The Morgan fingerprint density at radius 3 is 2.40 bits per heavy atom. The maximum absolute atomic E-state index is 13.7. The lowest BCUT2D eigenvalue weighted by Gasteiger charge is -2.32. The van der Waals surface area contributed by atoms with Crippen LogP contribution in [0.15, 0.2) is 42.6 Å². The molecular formula is C33H47FN4O4Si. The summed E-state index contributed by atoms with van der Waals surface area (Å²) >= 11 is 0. The van der Waals surface area contributed by atoms with Crippen LogP contribution in [0.5, 0.6) is 0 Å². The zero-order valence-corrected chi connectivity index (χ0v) is 27.6. The van der Waals surface area contributed by atoms with Crippen molar-refractivity contribution in [2.75, 3.05) is 11.9 Å². The number of halogens is 1. The van der Waals surface area contributed by atoms with Crippen LogP contribution < -0.4 is 10.6 Å². The fourth-order valence-electron chi connectivity index (χ4n) is 5.51. The average Bonchev–Trinajstić information content (AvgIpc) is 3.29. The summed E-state index contributed by atoms with van der Waals surface area (Å²) in [5.74, 6) is -0.135. The molecule has 1 aliphatic carbocycles. The Kier molecular flexibility index (Phi) is 10.3. The standard InChI is InChI=1S/C33H47FN4O4Si/c1-22(36-32(40)42-33(2,3)4)23-8-10-25(11-9-23)31(39)37-28-16-17-35-30-27(28)20-29(24-12-14-26(34)15-13-24)38(30)21-41-18-19-43(5,6)7/h12-17,20,22-23,25H,8-11,18-19,21H2,1-7H3,(H,36,40)(H,35,37,39)/t22?,23-,25-. The fourth-order valence-corrected chi connectivity index (χ4v) is 6.27. The molecule has 234 valence electrons. The van der Waals surface area contributed by atoms with Gasteiger partial charge >= 0.3 is 6.09 Å². The fraction of sp³-hybridized carbons (Fsp3) is 0.545. The number of benzene rings is 1. The van der Waals surface area contributed by atoms with Crippen molar-refractivity contribution in [1.29, 1.82) is 0 Å². The van der Waals surface area contributed by atoms with Crippen LogP contribution in [-0.2, 0) is 21.0 Å². The highest BCUT2D eigenvalue weighted by Gasteiger charge is 2.31. The first-order chi connectivity index (χ1) is 20.2. The van der Waals surface area contributed by atoms with E-state index in [0.717, 1.165) is 48.4 Å². The van der Waals surface area contributed by atoms with E-state index < -0.39 is 19.8 Å². The minimum atomic E-state index is -1.25. The molecule has 2 heterocycles.